The smallest absolute Gasteiger partial charge is 0.309 e. The number of hydrogen-bond donors (Lipinski definition) is 1. The number of carboxylic acid groups (broad SMARTS) is 1. The van der Waals surface area contributed by atoms with Gasteiger partial charge in [0, 0.05) is 12.8 Å². The summed E-state index contributed by atoms with van der Waals surface area (Å²) in [6.07, 6.45) is 1.54. The van der Waals surface area contributed by atoms with Crippen molar-refractivity contribution in [2.45, 2.75) is 12.5 Å². The van der Waals surface area contributed by atoms with Crippen molar-refractivity contribution in [3.05, 3.63) is 48.0 Å². The summed E-state index contributed by atoms with van der Waals surface area (Å²) in [5.74, 6) is -1.78. The van der Waals surface area contributed by atoms with Gasteiger partial charge in [-0.05, 0) is 36.8 Å². The lowest BCUT2D eigenvalue weighted by Gasteiger charge is -2.16. The van der Waals surface area contributed by atoms with Gasteiger partial charge in [-0.3, -0.25) is 4.79 Å². The van der Waals surface area contributed by atoms with Gasteiger partial charge in [0.05, 0.1) is 17.3 Å². The SMILES string of the molecule is O=C(O)C1CCOC1c1ccnn1-c1ccc(F)cc1. The van der Waals surface area contributed by atoms with Crippen LogP contribution in [-0.4, -0.2) is 27.5 Å². The van der Waals surface area contributed by atoms with E-state index in [4.69, 9.17) is 4.74 Å². The van der Waals surface area contributed by atoms with Crippen molar-refractivity contribution in [1.29, 1.82) is 0 Å². The van der Waals surface area contributed by atoms with Crippen LogP contribution in [0.15, 0.2) is 36.5 Å². The summed E-state index contributed by atoms with van der Waals surface area (Å²) in [4.78, 5) is 11.2. The van der Waals surface area contributed by atoms with Crippen molar-refractivity contribution in [2.24, 2.45) is 5.92 Å². The van der Waals surface area contributed by atoms with Gasteiger partial charge in [-0.2, -0.15) is 5.10 Å². The third-order valence-corrected chi connectivity index (χ3v) is 3.44. The third-order valence-electron chi connectivity index (χ3n) is 3.44. The van der Waals surface area contributed by atoms with Gasteiger partial charge < -0.3 is 9.84 Å². The highest BCUT2D eigenvalue weighted by atomic mass is 19.1. The highest BCUT2D eigenvalue weighted by molar-refractivity contribution is 5.71. The molecule has 0 bridgehead atoms. The van der Waals surface area contributed by atoms with E-state index in [2.05, 4.69) is 5.10 Å². The number of carboxylic acids is 1. The van der Waals surface area contributed by atoms with Crippen LogP contribution in [0.1, 0.15) is 18.2 Å². The van der Waals surface area contributed by atoms with Gasteiger partial charge in [0.15, 0.2) is 0 Å². The molecule has 2 heterocycles. The fourth-order valence-electron chi connectivity index (χ4n) is 2.46. The molecule has 20 heavy (non-hydrogen) atoms. The minimum absolute atomic E-state index is 0.331. The number of benzene rings is 1. The van der Waals surface area contributed by atoms with Gasteiger partial charge in [-0.15, -0.1) is 0 Å². The second-order valence-electron chi connectivity index (χ2n) is 4.67. The molecule has 0 radical (unpaired) electrons. The molecule has 0 saturated carbocycles. The topological polar surface area (TPSA) is 64.3 Å². The first-order valence-corrected chi connectivity index (χ1v) is 6.31. The molecule has 0 amide bonds. The van der Waals surface area contributed by atoms with E-state index in [-0.39, 0.29) is 5.82 Å². The normalized spacial score (nSPS) is 22.1. The van der Waals surface area contributed by atoms with Gasteiger partial charge in [0.2, 0.25) is 0 Å². The van der Waals surface area contributed by atoms with Crippen LogP contribution < -0.4 is 0 Å². The molecule has 2 unspecified atom stereocenters. The average molecular weight is 276 g/mol. The Bertz CT molecular complexity index is 624. The van der Waals surface area contributed by atoms with Crippen molar-refractivity contribution < 1.29 is 19.0 Å². The standard InChI is InChI=1S/C14H13FN2O3/c15-9-1-3-10(4-2-9)17-12(5-7-16-17)13-11(14(18)19)6-8-20-13/h1-5,7,11,13H,6,8H2,(H,18,19). The maximum absolute atomic E-state index is 13.0. The highest BCUT2D eigenvalue weighted by Crippen LogP contribution is 2.35. The lowest BCUT2D eigenvalue weighted by molar-refractivity contribution is -0.143. The summed E-state index contributed by atoms with van der Waals surface area (Å²) in [6.45, 7) is 0.413. The number of aromatic nitrogens is 2. The minimum atomic E-state index is -0.876. The van der Waals surface area contributed by atoms with Crippen molar-refractivity contribution in [1.82, 2.24) is 9.78 Å². The molecule has 1 aliphatic rings. The van der Waals surface area contributed by atoms with Crippen molar-refractivity contribution in [2.75, 3.05) is 6.61 Å². The Balaban J connectivity index is 1.98. The van der Waals surface area contributed by atoms with Crippen molar-refractivity contribution in [3.8, 4) is 5.69 Å². The Morgan fingerprint density at radius 3 is 2.80 bits per heavy atom. The molecule has 1 saturated heterocycles. The summed E-state index contributed by atoms with van der Waals surface area (Å²) in [6, 6.07) is 7.60. The van der Waals surface area contributed by atoms with E-state index < -0.39 is 18.0 Å². The molecular weight excluding hydrogens is 263 g/mol. The molecule has 1 aliphatic heterocycles. The molecule has 0 spiro atoms. The van der Waals surface area contributed by atoms with Crippen LogP contribution in [0.5, 0.6) is 0 Å². The van der Waals surface area contributed by atoms with Crippen LogP contribution in [0.2, 0.25) is 0 Å². The van der Waals surface area contributed by atoms with Crippen LogP contribution in [0.3, 0.4) is 0 Å². The monoisotopic (exact) mass is 276 g/mol. The fraction of sp³-hybridized carbons (Fsp3) is 0.286. The molecule has 1 N–H and O–H groups in total. The van der Waals surface area contributed by atoms with Crippen LogP contribution in [0.25, 0.3) is 5.69 Å². The van der Waals surface area contributed by atoms with Crippen molar-refractivity contribution >= 4 is 5.97 Å². The number of ether oxygens (including phenoxy) is 1. The highest BCUT2D eigenvalue weighted by Gasteiger charge is 2.37. The first kappa shape index (κ1) is 12.8. The van der Waals surface area contributed by atoms with Gasteiger partial charge in [0.1, 0.15) is 11.9 Å². The second kappa shape index (κ2) is 5.05. The minimum Gasteiger partial charge on any atom is -0.481 e. The van der Waals surface area contributed by atoms with E-state index in [1.54, 1.807) is 29.1 Å². The number of hydrogen-bond acceptors (Lipinski definition) is 3. The Labute approximate surface area is 114 Å². The van der Waals surface area contributed by atoms with E-state index in [0.29, 0.717) is 24.4 Å². The predicted molar refractivity (Wildman–Crippen MR) is 68.0 cm³/mol. The lowest BCUT2D eigenvalue weighted by Crippen LogP contribution is -2.20. The average Bonchev–Trinajstić information content (AvgIpc) is 3.07. The number of nitrogens with zero attached hydrogens (tertiary/aromatic N) is 2. The molecule has 6 heteroatoms. The molecule has 1 aromatic heterocycles. The lowest BCUT2D eigenvalue weighted by atomic mass is 9.99. The van der Waals surface area contributed by atoms with Crippen molar-refractivity contribution in [3.63, 3.8) is 0 Å². The van der Waals surface area contributed by atoms with E-state index in [9.17, 15) is 14.3 Å². The molecular formula is C14H13FN2O3. The van der Waals surface area contributed by atoms with E-state index in [1.807, 2.05) is 0 Å². The quantitative estimate of drug-likeness (QED) is 0.933. The van der Waals surface area contributed by atoms with E-state index in [1.165, 1.54) is 12.1 Å². The summed E-state index contributed by atoms with van der Waals surface area (Å²) >= 11 is 0. The molecule has 1 aromatic carbocycles. The molecule has 1 fully saturated rings. The fourth-order valence-corrected chi connectivity index (χ4v) is 2.46. The Kier molecular flexibility index (Phi) is 3.23. The zero-order valence-electron chi connectivity index (χ0n) is 10.6. The zero-order valence-corrected chi connectivity index (χ0v) is 10.6. The summed E-state index contributed by atoms with van der Waals surface area (Å²) in [5.41, 5.74) is 1.34. The third kappa shape index (κ3) is 2.18. The molecule has 2 aromatic rings. The molecule has 104 valence electrons. The predicted octanol–water partition coefficient (Wildman–Crippen LogP) is 2.17. The molecule has 2 atom stereocenters. The first-order chi connectivity index (χ1) is 9.66. The van der Waals surface area contributed by atoms with E-state index in [0.717, 1.165) is 0 Å². The molecule has 3 rings (SSSR count). The first-order valence-electron chi connectivity index (χ1n) is 6.31. The Morgan fingerprint density at radius 2 is 2.10 bits per heavy atom. The number of aliphatic carboxylic acids is 1. The van der Waals surface area contributed by atoms with Crippen LogP contribution in [0.4, 0.5) is 4.39 Å². The zero-order chi connectivity index (χ0) is 14.1. The van der Waals surface area contributed by atoms with E-state index >= 15 is 0 Å². The van der Waals surface area contributed by atoms with Crippen LogP contribution in [0, 0.1) is 11.7 Å². The van der Waals surface area contributed by atoms with Crippen LogP contribution >= 0.6 is 0 Å². The summed E-state index contributed by atoms with van der Waals surface area (Å²) in [5, 5.41) is 13.4. The summed E-state index contributed by atoms with van der Waals surface area (Å²) in [7, 11) is 0. The Hall–Kier alpha value is -2.21. The van der Waals surface area contributed by atoms with Gasteiger partial charge in [-0.1, -0.05) is 0 Å². The van der Waals surface area contributed by atoms with Gasteiger partial charge in [0.25, 0.3) is 0 Å². The number of carbonyl (C=O) groups is 1. The Morgan fingerprint density at radius 1 is 1.35 bits per heavy atom. The molecule has 5 nitrogen and oxygen atoms in total. The van der Waals surface area contributed by atoms with Gasteiger partial charge in [-0.25, -0.2) is 9.07 Å². The number of rotatable bonds is 3. The second-order valence-corrected chi connectivity index (χ2v) is 4.67. The molecule has 0 aliphatic carbocycles. The number of halogens is 1. The van der Waals surface area contributed by atoms with Gasteiger partial charge >= 0.3 is 5.97 Å². The summed E-state index contributed by atoms with van der Waals surface area (Å²) < 4.78 is 20.1. The maximum Gasteiger partial charge on any atom is 0.309 e. The largest absolute Gasteiger partial charge is 0.481 e. The van der Waals surface area contributed by atoms with Crippen LogP contribution in [-0.2, 0) is 9.53 Å². The maximum atomic E-state index is 13.0.